The molecule has 4 rings (SSSR count). The molecule has 0 radical (unpaired) electrons. The van der Waals surface area contributed by atoms with Gasteiger partial charge in [-0.3, -0.25) is 4.90 Å². The fourth-order valence-corrected chi connectivity index (χ4v) is 5.34. The first-order valence-electron chi connectivity index (χ1n) is 9.46. The highest BCUT2D eigenvalue weighted by molar-refractivity contribution is 7.80. The molecular weight excluding hydrogens is 442 g/mol. The van der Waals surface area contributed by atoms with Crippen LogP contribution < -0.4 is 5.32 Å². The van der Waals surface area contributed by atoms with E-state index in [1.165, 1.54) is 9.71 Å². The number of rotatable bonds is 5. The lowest BCUT2D eigenvalue weighted by Gasteiger charge is -2.25. The van der Waals surface area contributed by atoms with Crippen LogP contribution in [0.3, 0.4) is 0 Å². The van der Waals surface area contributed by atoms with E-state index in [-0.39, 0.29) is 0 Å². The van der Waals surface area contributed by atoms with E-state index in [9.17, 15) is 0 Å². The average molecular weight is 464 g/mol. The second kappa shape index (κ2) is 9.20. The van der Waals surface area contributed by atoms with Gasteiger partial charge in [-0.2, -0.15) is 0 Å². The molecule has 0 atom stereocenters. The van der Waals surface area contributed by atoms with Crippen LogP contribution in [0.2, 0.25) is 5.02 Å². The highest BCUT2D eigenvalue weighted by Gasteiger charge is 2.15. The van der Waals surface area contributed by atoms with Gasteiger partial charge in [0.15, 0.2) is 0 Å². The molecule has 1 N–H and O–H groups in total. The number of thiocarbonyl (C=S) groups is 1. The zero-order valence-electron chi connectivity index (χ0n) is 16.1. The first-order valence-corrected chi connectivity index (χ1v) is 11.5. The maximum atomic E-state index is 5.96. The first-order chi connectivity index (χ1) is 14.0. The molecule has 4 nitrogen and oxygen atoms in total. The molecule has 0 aliphatic carbocycles. The highest BCUT2D eigenvalue weighted by atomic mass is 35.5. The molecule has 152 valence electrons. The Hall–Kier alpha value is -1.35. The van der Waals surface area contributed by atoms with Crippen molar-refractivity contribution in [2.24, 2.45) is 7.05 Å². The molecule has 0 unspecified atom stereocenters. The van der Waals surface area contributed by atoms with Crippen molar-refractivity contribution in [2.75, 3.05) is 26.3 Å². The summed E-state index contributed by atoms with van der Waals surface area (Å²) in [5, 5.41) is 5.16. The minimum absolute atomic E-state index is 0.637. The second-order valence-corrected chi connectivity index (χ2v) is 9.48. The van der Waals surface area contributed by atoms with Gasteiger partial charge in [0.2, 0.25) is 0 Å². The standard InChI is InChI=1S/C21H22ClN3OS3/c1-24-13-18(20(28)23-11-14-2-4-15(22)5-3-14)19(27)17-10-16(29-21(17)24)12-25-6-8-26-9-7-25/h2-5,10,13H,6-9,11-12H2,1H3,(H,23,28). The van der Waals surface area contributed by atoms with E-state index < -0.39 is 0 Å². The third-order valence-electron chi connectivity index (χ3n) is 4.99. The Morgan fingerprint density at radius 2 is 1.97 bits per heavy atom. The molecule has 0 saturated carbocycles. The summed E-state index contributed by atoms with van der Waals surface area (Å²) in [5.41, 5.74) is 2.02. The molecule has 0 amide bonds. The smallest absolute Gasteiger partial charge is 0.109 e. The molecule has 8 heteroatoms. The number of ether oxygens (including phenoxy) is 1. The van der Waals surface area contributed by atoms with Crippen LogP contribution in [0.15, 0.2) is 36.5 Å². The lowest BCUT2D eigenvalue weighted by Crippen LogP contribution is -2.35. The van der Waals surface area contributed by atoms with Crippen molar-refractivity contribution in [3.8, 4) is 0 Å². The molecule has 1 fully saturated rings. The number of thiophene rings is 1. The number of hydrogen-bond acceptors (Lipinski definition) is 5. The molecule has 3 aromatic rings. The Labute approximate surface area is 190 Å². The van der Waals surface area contributed by atoms with Crippen molar-refractivity contribution >= 4 is 62.6 Å². The van der Waals surface area contributed by atoms with E-state index in [4.69, 9.17) is 40.8 Å². The maximum Gasteiger partial charge on any atom is 0.109 e. The van der Waals surface area contributed by atoms with E-state index in [1.54, 1.807) is 11.3 Å². The summed E-state index contributed by atoms with van der Waals surface area (Å²) < 4.78 is 8.40. The van der Waals surface area contributed by atoms with Gasteiger partial charge < -0.3 is 14.6 Å². The normalized spacial score (nSPS) is 15.0. The molecule has 1 saturated heterocycles. The van der Waals surface area contributed by atoms with Crippen molar-refractivity contribution < 1.29 is 4.74 Å². The van der Waals surface area contributed by atoms with E-state index >= 15 is 0 Å². The van der Waals surface area contributed by atoms with Crippen molar-refractivity contribution in [2.45, 2.75) is 13.1 Å². The first kappa shape index (κ1) is 20.9. The van der Waals surface area contributed by atoms with Gasteiger partial charge in [0.25, 0.3) is 0 Å². The third-order valence-corrected chi connectivity index (χ3v) is 7.26. The SMILES string of the molecule is Cn1cc(C(=S)NCc2ccc(Cl)cc2)c(=S)c2cc(CN3CCOCC3)sc21. The van der Waals surface area contributed by atoms with Gasteiger partial charge in [0, 0.05) is 60.3 Å². The van der Waals surface area contributed by atoms with E-state index in [0.29, 0.717) is 11.5 Å². The number of aromatic nitrogens is 1. The molecule has 1 aromatic carbocycles. The minimum Gasteiger partial charge on any atom is -0.379 e. The summed E-state index contributed by atoms with van der Waals surface area (Å²) in [7, 11) is 2.05. The molecule has 2 aromatic heterocycles. The highest BCUT2D eigenvalue weighted by Crippen LogP contribution is 2.29. The topological polar surface area (TPSA) is 29.4 Å². The average Bonchev–Trinajstić information content (AvgIpc) is 3.15. The lowest BCUT2D eigenvalue weighted by atomic mass is 10.2. The van der Waals surface area contributed by atoms with Crippen LogP contribution in [-0.2, 0) is 24.9 Å². The zero-order valence-corrected chi connectivity index (χ0v) is 19.3. The summed E-state index contributed by atoms with van der Waals surface area (Å²) in [4.78, 5) is 5.60. The Bertz CT molecular complexity index is 1080. The fraction of sp³-hybridized carbons (Fsp3) is 0.333. The van der Waals surface area contributed by atoms with Gasteiger partial charge in [0.05, 0.1) is 17.7 Å². The number of aryl methyl sites for hydroxylation is 1. The van der Waals surface area contributed by atoms with Gasteiger partial charge in [-0.15, -0.1) is 11.3 Å². The summed E-state index contributed by atoms with van der Waals surface area (Å²) in [6, 6.07) is 9.98. The summed E-state index contributed by atoms with van der Waals surface area (Å²) in [5.74, 6) is 0. The third kappa shape index (κ3) is 4.87. The number of nitrogens with one attached hydrogen (secondary N) is 1. The molecule has 1 aliphatic rings. The lowest BCUT2D eigenvalue weighted by molar-refractivity contribution is 0.0346. The maximum absolute atomic E-state index is 5.96. The predicted molar refractivity (Wildman–Crippen MR) is 128 cm³/mol. The van der Waals surface area contributed by atoms with Gasteiger partial charge >= 0.3 is 0 Å². The van der Waals surface area contributed by atoms with Crippen LogP contribution in [0.4, 0.5) is 0 Å². The van der Waals surface area contributed by atoms with Crippen LogP contribution in [0.1, 0.15) is 16.0 Å². The van der Waals surface area contributed by atoms with Crippen molar-refractivity contribution in [1.82, 2.24) is 14.8 Å². The molecule has 0 spiro atoms. The molecule has 0 bridgehead atoms. The predicted octanol–water partition coefficient (Wildman–Crippen LogP) is 4.92. The monoisotopic (exact) mass is 463 g/mol. The quantitative estimate of drug-likeness (QED) is 0.542. The van der Waals surface area contributed by atoms with Crippen molar-refractivity contribution in [3.63, 3.8) is 0 Å². The van der Waals surface area contributed by atoms with Gasteiger partial charge in [-0.1, -0.05) is 48.2 Å². The number of hydrogen-bond donors (Lipinski definition) is 1. The summed E-state index contributed by atoms with van der Waals surface area (Å²) in [6.45, 7) is 5.14. The molecule has 29 heavy (non-hydrogen) atoms. The number of fused-ring (bicyclic) bond motifs is 1. The van der Waals surface area contributed by atoms with E-state index in [2.05, 4.69) is 27.9 Å². The van der Waals surface area contributed by atoms with Crippen LogP contribution in [0.25, 0.3) is 10.2 Å². The summed E-state index contributed by atoms with van der Waals surface area (Å²) in [6.07, 6.45) is 2.04. The zero-order chi connectivity index (χ0) is 20.4. The second-order valence-electron chi connectivity index (χ2n) is 7.11. The largest absolute Gasteiger partial charge is 0.379 e. The van der Waals surface area contributed by atoms with Crippen LogP contribution in [0, 0.1) is 4.51 Å². The summed E-state index contributed by atoms with van der Waals surface area (Å²) >= 11 is 19.2. The number of benzene rings is 1. The Balaban J connectivity index is 1.54. The fourth-order valence-electron chi connectivity index (χ4n) is 3.41. The Morgan fingerprint density at radius 1 is 1.24 bits per heavy atom. The Kier molecular flexibility index (Phi) is 6.63. The molecule has 1 aliphatic heterocycles. The van der Waals surface area contributed by atoms with Gasteiger partial charge in [-0.05, 0) is 23.8 Å². The van der Waals surface area contributed by atoms with Crippen LogP contribution in [0.5, 0.6) is 0 Å². The van der Waals surface area contributed by atoms with E-state index in [0.717, 1.165) is 58.9 Å². The molecule has 3 heterocycles. The van der Waals surface area contributed by atoms with Crippen LogP contribution in [-0.4, -0.2) is 40.8 Å². The minimum atomic E-state index is 0.637. The van der Waals surface area contributed by atoms with Crippen molar-refractivity contribution in [3.05, 3.63) is 62.1 Å². The number of halogens is 1. The Morgan fingerprint density at radius 3 is 2.69 bits per heavy atom. The number of nitrogens with zero attached hydrogens (tertiary/aromatic N) is 2. The van der Waals surface area contributed by atoms with Crippen LogP contribution >= 0.6 is 47.4 Å². The number of pyridine rings is 1. The van der Waals surface area contributed by atoms with Gasteiger partial charge in [-0.25, -0.2) is 0 Å². The van der Waals surface area contributed by atoms with Crippen molar-refractivity contribution in [1.29, 1.82) is 0 Å². The van der Waals surface area contributed by atoms with Gasteiger partial charge in [0.1, 0.15) is 9.82 Å². The number of morpholine rings is 1. The molecular formula is C21H22ClN3OS3. The van der Waals surface area contributed by atoms with E-state index in [1.807, 2.05) is 30.5 Å².